The summed E-state index contributed by atoms with van der Waals surface area (Å²) in [7, 11) is 0. The maximum atomic E-state index is 13.0. The van der Waals surface area contributed by atoms with Crippen LogP contribution in [0.15, 0.2) is 28.9 Å². The van der Waals surface area contributed by atoms with Crippen molar-refractivity contribution >= 4 is 34.2 Å². The van der Waals surface area contributed by atoms with Gasteiger partial charge in [-0.2, -0.15) is 5.26 Å². The average Bonchev–Trinajstić information content (AvgIpc) is 3.13. The van der Waals surface area contributed by atoms with E-state index < -0.39 is 5.91 Å². The first-order chi connectivity index (χ1) is 14.1. The van der Waals surface area contributed by atoms with E-state index in [0.717, 1.165) is 42.1 Å². The number of carbonyl (C=O) groups excluding carboxylic acids is 2. The smallest absolute Gasteiger partial charge is 0.271 e. The fourth-order valence-electron chi connectivity index (χ4n) is 3.45. The third-order valence-corrected chi connectivity index (χ3v) is 6.33. The molecule has 2 heterocycles. The number of hydrogen-bond acceptors (Lipinski definition) is 5. The van der Waals surface area contributed by atoms with Crippen molar-refractivity contribution in [1.82, 2.24) is 4.90 Å². The normalized spacial score (nSPS) is 16.4. The Morgan fingerprint density at radius 3 is 2.37 bits per heavy atom. The lowest BCUT2D eigenvalue weighted by Gasteiger charge is -2.36. The van der Waals surface area contributed by atoms with Crippen LogP contribution in [-0.2, 0) is 9.59 Å². The molecule has 0 unspecified atom stereocenters. The number of unbranched alkanes of at least 4 members (excludes halogenated alkanes) is 2. The largest absolute Gasteiger partial charge is 0.359 e. The SMILES string of the molecule is CCCCN1C(=O)C(C#N)=C(C)/C(=C\c2ccc(N(CCCC)C(C)(C)C)s2)C1=O. The summed E-state index contributed by atoms with van der Waals surface area (Å²) in [5.74, 6) is -0.783. The van der Waals surface area contributed by atoms with Crippen LogP contribution in [0, 0.1) is 11.3 Å². The van der Waals surface area contributed by atoms with Crippen LogP contribution < -0.4 is 4.90 Å². The molecule has 0 aromatic carbocycles. The Balaban J connectivity index is 2.43. The lowest BCUT2D eigenvalue weighted by Crippen LogP contribution is -2.43. The lowest BCUT2D eigenvalue weighted by atomic mass is 9.94. The molecule has 1 aromatic rings. The van der Waals surface area contributed by atoms with Crippen molar-refractivity contribution in [3.8, 4) is 6.07 Å². The van der Waals surface area contributed by atoms with Gasteiger partial charge >= 0.3 is 0 Å². The second kappa shape index (κ2) is 10.1. The highest BCUT2D eigenvalue weighted by Gasteiger charge is 2.35. The number of rotatable bonds is 8. The van der Waals surface area contributed by atoms with Crippen LogP contribution in [0.2, 0.25) is 0 Å². The average molecular weight is 428 g/mol. The van der Waals surface area contributed by atoms with Crippen molar-refractivity contribution in [1.29, 1.82) is 5.26 Å². The van der Waals surface area contributed by atoms with Gasteiger partial charge in [0.25, 0.3) is 11.8 Å². The van der Waals surface area contributed by atoms with Crippen LogP contribution in [0.1, 0.15) is 72.1 Å². The monoisotopic (exact) mass is 427 g/mol. The number of hydrogen-bond donors (Lipinski definition) is 0. The van der Waals surface area contributed by atoms with Gasteiger partial charge in [-0.05, 0) is 64.3 Å². The lowest BCUT2D eigenvalue weighted by molar-refractivity contribution is -0.140. The minimum atomic E-state index is -0.476. The van der Waals surface area contributed by atoms with Gasteiger partial charge in [-0.3, -0.25) is 14.5 Å². The summed E-state index contributed by atoms with van der Waals surface area (Å²) in [4.78, 5) is 30.2. The van der Waals surface area contributed by atoms with Gasteiger partial charge in [-0.1, -0.05) is 26.7 Å². The van der Waals surface area contributed by atoms with Gasteiger partial charge in [0, 0.05) is 29.1 Å². The van der Waals surface area contributed by atoms with Gasteiger partial charge in [0.2, 0.25) is 0 Å². The Morgan fingerprint density at radius 2 is 1.80 bits per heavy atom. The molecule has 1 aromatic heterocycles. The van der Waals surface area contributed by atoms with Crippen LogP contribution >= 0.6 is 11.3 Å². The molecule has 162 valence electrons. The maximum absolute atomic E-state index is 13.0. The minimum Gasteiger partial charge on any atom is -0.359 e. The van der Waals surface area contributed by atoms with Gasteiger partial charge in [0.05, 0.1) is 5.00 Å². The Labute approximate surface area is 184 Å². The number of carbonyl (C=O) groups is 2. The first-order valence-electron chi connectivity index (χ1n) is 10.7. The van der Waals surface area contributed by atoms with Crippen LogP contribution in [0.5, 0.6) is 0 Å². The van der Waals surface area contributed by atoms with Crippen LogP contribution in [-0.4, -0.2) is 35.3 Å². The van der Waals surface area contributed by atoms with Gasteiger partial charge in [-0.25, -0.2) is 0 Å². The van der Waals surface area contributed by atoms with Crippen molar-refractivity contribution < 1.29 is 9.59 Å². The molecule has 1 aliphatic rings. The van der Waals surface area contributed by atoms with E-state index in [1.807, 2.05) is 25.1 Å². The zero-order chi connectivity index (χ0) is 22.5. The molecular weight excluding hydrogens is 394 g/mol. The summed E-state index contributed by atoms with van der Waals surface area (Å²) in [6.45, 7) is 13.8. The third-order valence-electron chi connectivity index (χ3n) is 5.27. The van der Waals surface area contributed by atoms with Crippen LogP contribution in [0.4, 0.5) is 5.00 Å². The molecule has 1 aliphatic heterocycles. The molecule has 0 saturated heterocycles. The summed E-state index contributed by atoms with van der Waals surface area (Å²) < 4.78 is 0. The number of thiophene rings is 1. The van der Waals surface area contributed by atoms with E-state index in [9.17, 15) is 14.9 Å². The fraction of sp³-hybridized carbons (Fsp3) is 0.542. The second-order valence-corrected chi connectivity index (χ2v) is 9.73. The van der Waals surface area contributed by atoms with Crippen LogP contribution in [0.25, 0.3) is 6.08 Å². The maximum Gasteiger partial charge on any atom is 0.271 e. The van der Waals surface area contributed by atoms with E-state index in [2.05, 4.69) is 38.7 Å². The molecule has 5 nitrogen and oxygen atoms in total. The van der Waals surface area contributed by atoms with Gasteiger partial charge in [0.1, 0.15) is 11.6 Å². The summed E-state index contributed by atoms with van der Waals surface area (Å²) >= 11 is 1.63. The molecule has 6 heteroatoms. The number of nitriles is 1. The van der Waals surface area contributed by atoms with E-state index in [4.69, 9.17) is 0 Å². The molecule has 0 N–H and O–H groups in total. The van der Waals surface area contributed by atoms with E-state index in [-0.39, 0.29) is 17.0 Å². The van der Waals surface area contributed by atoms with Gasteiger partial charge in [0.15, 0.2) is 0 Å². The molecule has 0 spiro atoms. The topological polar surface area (TPSA) is 64.4 Å². The molecular formula is C24H33N3O2S. The number of imide groups is 1. The Hall–Kier alpha value is -2.39. The summed E-state index contributed by atoms with van der Waals surface area (Å²) in [6.07, 6.45) is 5.67. The van der Waals surface area contributed by atoms with Crippen molar-refractivity contribution in [2.24, 2.45) is 0 Å². The Kier molecular flexibility index (Phi) is 8.03. The number of anilines is 1. The van der Waals surface area contributed by atoms with E-state index in [1.165, 1.54) is 4.90 Å². The Morgan fingerprint density at radius 1 is 1.13 bits per heavy atom. The number of nitrogens with zero attached hydrogens (tertiary/aromatic N) is 3. The quantitative estimate of drug-likeness (QED) is 0.403. The van der Waals surface area contributed by atoms with E-state index in [0.29, 0.717) is 17.7 Å². The Bertz CT molecular complexity index is 896. The molecule has 0 atom stereocenters. The molecule has 0 radical (unpaired) electrons. The molecule has 30 heavy (non-hydrogen) atoms. The highest BCUT2D eigenvalue weighted by molar-refractivity contribution is 7.17. The molecule has 2 rings (SSSR count). The molecule has 0 aliphatic carbocycles. The summed E-state index contributed by atoms with van der Waals surface area (Å²) in [6, 6.07) is 6.11. The first kappa shape index (κ1) is 23.9. The predicted octanol–water partition coefficient (Wildman–Crippen LogP) is 5.55. The molecule has 0 saturated carbocycles. The minimum absolute atomic E-state index is 0.00172. The number of amides is 2. The third kappa shape index (κ3) is 5.20. The second-order valence-electron chi connectivity index (χ2n) is 8.64. The van der Waals surface area contributed by atoms with Crippen molar-refractivity contribution in [2.45, 2.75) is 72.8 Å². The molecule has 0 bridgehead atoms. The van der Waals surface area contributed by atoms with Crippen LogP contribution in [0.3, 0.4) is 0 Å². The van der Waals surface area contributed by atoms with Crippen molar-refractivity contribution in [3.05, 3.63) is 33.7 Å². The highest BCUT2D eigenvalue weighted by atomic mass is 32.1. The van der Waals surface area contributed by atoms with Crippen molar-refractivity contribution in [2.75, 3.05) is 18.0 Å². The summed E-state index contributed by atoms with van der Waals surface area (Å²) in [5.41, 5.74) is 0.964. The van der Waals surface area contributed by atoms with Gasteiger partial charge < -0.3 is 4.90 Å². The fourth-order valence-corrected chi connectivity index (χ4v) is 4.61. The predicted molar refractivity (Wildman–Crippen MR) is 124 cm³/mol. The standard InChI is InChI=1S/C24H33N3O2S/c1-7-9-13-26-22(28)19(17(3)20(16-25)23(26)29)15-18-11-12-21(30-18)27(14-10-8-2)24(4,5)6/h11-12,15H,7-10,13-14H2,1-6H3/b19-15+. The highest BCUT2D eigenvalue weighted by Crippen LogP contribution is 2.34. The zero-order valence-electron chi connectivity index (χ0n) is 19.0. The summed E-state index contributed by atoms with van der Waals surface area (Å²) in [5, 5.41) is 10.7. The molecule has 2 amide bonds. The first-order valence-corrected chi connectivity index (χ1v) is 11.5. The van der Waals surface area contributed by atoms with E-state index >= 15 is 0 Å². The van der Waals surface area contributed by atoms with E-state index in [1.54, 1.807) is 18.3 Å². The molecule has 0 fully saturated rings. The van der Waals surface area contributed by atoms with Gasteiger partial charge in [-0.15, -0.1) is 11.3 Å². The zero-order valence-corrected chi connectivity index (χ0v) is 19.9. The van der Waals surface area contributed by atoms with Crippen molar-refractivity contribution in [3.63, 3.8) is 0 Å².